The molecule has 0 spiro atoms. The average molecular weight is 424 g/mol. The quantitative estimate of drug-likeness (QED) is 0.491. The maximum absolute atomic E-state index is 13.2. The molecule has 1 unspecified atom stereocenters. The zero-order valence-corrected chi connectivity index (χ0v) is 18.3. The van der Waals surface area contributed by atoms with Crippen LogP contribution in [0.15, 0.2) is 42.5 Å². The van der Waals surface area contributed by atoms with Crippen molar-refractivity contribution in [3.63, 3.8) is 0 Å². The third-order valence-corrected chi connectivity index (χ3v) is 5.96. The molecule has 164 valence electrons. The molecule has 0 bridgehead atoms. The highest BCUT2D eigenvalue weighted by Crippen LogP contribution is 2.29. The number of nitrogens with zero attached hydrogens (tertiary/aromatic N) is 3. The van der Waals surface area contributed by atoms with E-state index in [4.69, 9.17) is 0 Å². The van der Waals surface area contributed by atoms with Gasteiger partial charge in [0.2, 0.25) is 5.91 Å². The molecule has 1 aliphatic rings. The van der Waals surface area contributed by atoms with Crippen molar-refractivity contribution in [1.82, 2.24) is 9.80 Å². The summed E-state index contributed by atoms with van der Waals surface area (Å²) in [5, 5.41) is 11.3. The van der Waals surface area contributed by atoms with Gasteiger partial charge in [0.25, 0.3) is 11.6 Å². The fourth-order valence-corrected chi connectivity index (χ4v) is 4.09. The highest BCUT2D eigenvalue weighted by atomic mass is 16.6. The standard InChI is InChI=1S/C24H29N3O4/c1-4-5-13-25(24(29)20-11-10-17(2)22(15-20)27(30)31)16-23(28)26-14-12-19-8-6-7-9-21(19)18(26)3/h6-11,15,18H,4-5,12-14,16H2,1-3H3. The van der Waals surface area contributed by atoms with Crippen LogP contribution in [0.3, 0.4) is 0 Å². The number of rotatable bonds is 7. The molecule has 1 heterocycles. The summed E-state index contributed by atoms with van der Waals surface area (Å²) in [6.07, 6.45) is 2.42. The van der Waals surface area contributed by atoms with Crippen molar-refractivity contribution in [3.05, 3.63) is 74.8 Å². The molecule has 0 aromatic heterocycles. The highest BCUT2D eigenvalue weighted by molar-refractivity contribution is 5.97. The Morgan fingerprint density at radius 1 is 1.23 bits per heavy atom. The Morgan fingerprint density at radius 3 is 2.68 bits per heavy atom. The Bertz CT molecular complexity index is 989. The summed E-state index contributed by atoms with van der Waals surface area (Å²) in [5.74, 6) is -0.456. The van der Waals surface area contributed by atoms with Crippen LogP contribution in [0.4, 0.5) is 5.69 Å². The summed E-state index contributed by atoms with van der Waals surface area (Å²) in [5.41, 5.74) is 3.04. The summed E-state index contributed by atoms with van der Waals surface area (Å²) in [7, 11) is 0. The Morgan fingerprint density at radius 2 is 1.97 bits per heavy atom. The lowest BCUT2D eigenvalue weighted by Gasteiger charge is -2.36. The molecule has 0 saturated carbocycles. The first-order chi connectivity index (χ1) is 14.8. The van der Waals surface area contributed by atoms with Crippen molar-refractivity contribution in [2.24, 2.45) is 0 Å². The van der Waals surface area contributed by atoms with E-state index in [9.17, 15) is 19.7 Å². The van der Waals surface area contributed by atoms with Gasteiger partial charge in [-0.2, -0.15) is 0 Å². The lowest BCUT2D eigenvalue weighted by Crippen LogP contribution is -2.46. The van der Waals surface area contributed by atoms with Crippen LogP contribution in [-0.4, -0.2) is 46.2 Å². The molecule has 3 rings (SSSR count). The predicted octanol–water partition coefficient (Wildman–Crippen LogP) is 4.29. The third-order valence-electron chi connectivity index (χ3n) is 5.96. The van der Waals surface area contributed by atoms with E-state index in [1.54, 1.807) is 19.1 Å². The summed E-state index contributed by atoms with van der Waals surface area (Å²) in [4.78, 5) is 40.5. The molecule has 2 amide bonds. The van der Waals surface area contributed by atoms with E-state index in [1.165, 1.54) is 16.5 Å². The summed E-state index contributed by atoms with van der Waals surface area (Å²) >= 11 is 0. The van der Waals surface area contributed by atoms with Crippen LogP contribution >= 0.6 is 0 Å². The predicted molar refractivity (Wildman–Crippen MR) is 119 cm³/mol. The number of carbonyl (C=O) groups excluding carboxylic acids is 2. The Balaban J connectivity index is 1.80. The van der Waals surface area contributed by atoms with Gasteiger partial charge in [-0.05, 0) is 43.9 Å². The lowest BCUT2D eigenvalue weighted by molar-refractivity contribution is -0.385. The molecule has 0 N–H and O–H groups in total. The second-order valence-electron chi connectivity index (χ2n) is 8.05. The summed E-state index contributed by atoms with van der Waals surface area (Å²) in [6.45, 7) is 6.68. The first-order valence-corrected chi connectivity index (χ1v) is 10.7. The van der Waals surface area contributed by atoms with Crippen LogP contribution in [0.5, 0.6) is 0 Å². The fraction of sp³-hybridized carbons (Fsp3) is 0.417. The van der Waals surface area contributed by atoms with Gasteiger partial charge in [0.15, 0.2) is 0 Å². The van der Waals surface area contributed by atoms with E-state index in [0.717, 1.165) is 24.8 Å². The minimum atomic E-state index is -0.486. The first-order valence-electron chi connectivity index (χ1n) is 10.7. The van der Waals surface area contributed by atoms with Gasteiger partial charge in [0.1, 0.15) is 6.54 Å². The molecule has 31 heavy (non-hydrogen) atoms. The topological polar surface area (TPSA) is 83.8 Å². The van der Waals surface area contributed by atoms with Gasteiger partial charge in [-0.15, -0.1) is 0 Å². The van der Waals surface area contributed by atoms with Gasteiger partial charge < -0.3 is 9.80 Å². The molecule has 1 atom stereocenters. The minimum Gasteiger partial charge on any atom is -0.334 e. The van der Waals surface area contributed by atoms with Gasteiger partial charge in [0, 0.05) is 30.3 Å². The smallest absolute Gasteiger partial charge is 0.273 e. The van der Waals surface area contributed by atoms with E-state index >= 15 is 0 Å². The molecule has 7 nitrogen and oxygen atoms in total. The molecule has 0 radical (unpaired) electrons. The minimum absolute atomic E-state index is 0.0347. The normalized spacial score (nSPS) is 15.3. The number of aryl methyl sites for hydroxylation is 1. The average Bonchev–Trinajstić information content (AvgIpc) is 2.76. The zero-order chi connectivity index (χ0) is 22.5. The van der Waals surface area contributed by atoms with Crippen molar-refractivity contribution in [3.8, 4) is 0 Å². The second kappa shape index (κ2) is 9.73. The monoisotopic (exact) mass is 423 g/mol. The highest BCUT2D eigenvalue weighted by Gasteiger charge is 2.30. The molecule has 1 aliphatic heterocycles. The van der Waals surface area contributed by atoms with Crippen LogP contribution in [0.25, 0.3) is 0 Å². The number of hydrogen-bond acceptors (Lipinski definition) is 4. The van der Waals surface area contributed by atoms with Crippen molar-refractivity contribution in [2.45, 2.75) is 46.1 Å². The van der Waals surface area contributed by atoms with Crippen LogP contribution in [0.2, 0.25) is 0 Å². The van der Waals surface area contributed by atoms with E-state index < -0.39 is 4.92 Å². The SMILES string of the molecule is CCCCN(CC(=O)N1CCc2ccccc2C1C)C(=O)c1ccc(C)c([N+](=O)[O-])c1. The third kappa shape index (κ3) is 4.93. The number of hydrogen-bond donors (Lipinski definition) is 0. The van der Waals surface area contributed by atoms with Crippen molar-refractivity contribution in [1.29, 1.82) is 0 Å². The molecular formula is C24H29N3O4. The fourth-order valence-electron chi connectivity index (χ4n) is 4.09. The Hall–Kier alpha value is -3.22. The number of nitro groups is 1. The number of unbranched alkanes of at least 4 members (excludes halogenated alkanes) is 1. The molecule has 0 aliphatic carbocycles. The largest absolute Gasteiger partial charge is 0.334 e. The van der Waals surface area contributed by atoms with Gasteiger partial charge in [-0.1, -0.05) is 43.7 Å². The zero-order valence-electron chi connectivity index (χ0n) is 18.3. The van der Waals surface area contributed by atoms with Crippen LogP contribution in [0, 0.1) is 17.0 Å². The van der Waals surface area contributed by atoms with E-state index in [1.807, 2.05) is 36.9 Å². The second-order valence-corrected chi connectivity index (χ2v) is 8.05. The van der Waals surface area contributed by atoms with E-state index in [-0.39, 0.29) is 35.7 Å². The van der Waals surface area contributed by atoms with Gasteiger partial charge in [0.05, 0.1) is 11.0 Å². The molecule has 0 fully saturated rings. The molecule has 0 saturated heterocycles. The van der Waals surface area contributed by atoms with Gasteiger partial charge in [-0.3, -0.25) is 19.7 Å². The number of nitro benzene ring substituents is 1. The van der Waals surface area contributed by atoms with Gasteiger partial charge >= 0.3 is 0 Å². The number of amides is 2. The summed E-state index contributed by atoms with van der Waals surface area (Å²) < 4.78 is 0. The van der Waals surface area contributed by atoms with Crippen LogP contribution < -0.4 is 0 Å². The van der Waals surface area contributed by atoms with E-state index in [0.29, 0.717) is 18.7 Å². The maximum Gasteiger partial charge on any atom is 0.273 e. The lowest BCUT2D eigenvalue weighted by atomic mass is 9.93. The van der Waals surface area contributed by atoms with E-state index in [2.05, 4.69) is 6.07 Å². The Labute approximate surface area is 182 Å². The molecule has 7 heteroatoms. The number of benzene rings is 2. The molecule has 2 aromatic carbocycles. The van der Waals surface area contributed by atoms with Crippen molar-refractivity contribution < 1.29 is 14.5 Å². The van der Waals surface area contributed by atoms with Crippen molar-refractivity contribution >= 4 is 17.5 Å². The first kappa shape index (κ1) is 22.5. The van der Waals surface area contributed by atoms with Gasteiger partial charge in [-0.25, -0.2) is 0 Å². The molecular weight excluding hydrogens is 394 g/mol. The number of carbonyl (C=O) groups is 2. The maximum atomic E-state index is 13.2. The van der Waals surface area contributed by atoms with Crippen LogP contribution in [-0.2, 0) is 11.2 Å². The number of fused-ring (bicyclic) bond motifs is 1. The van der Waals surface area contributed by atoms with Crippen LogP contribution in [0.1, 0.15) is 59.8 Å². The Kier molecular flexibility index (Phi) is 7.05. The van der Waals surface area contributed by atoms with Crippen molar-refractivity contribution in [2.75, 3.05) is 19.6 Å². The molecule has 2 aromatic rings. The summed E-state index contributed by atoms with van der Waals surface area (Å²) in [6, 6.07) is 12.5.